The van der Waals surface area contributed by atoms with Gasteiger partial charge in [-0.15, -0.1) is 0 Å². The predicted molar refractivity (Wildman–Crippen MR) is 24.2 cm³/mol. The third-order valence-corrected chi connectivity index (χ3v) is 0. The smallest absolute Gasteiger partial charge is 3.00 e. The van der Waals surface area contributed by atoms with Gasteiger partial charge in [-0.25, -0.2) is 0 Å². The Labute approximate surface area is 66.9 Å². The molecule has 0 atom stereocenters. The fraction of sp³-hybridized carbons (Fsp3) is 0. The molecule has 0 aromatic rings. The summed E-state index contributed by atoms with van der Waals surface area (Å²) in [5.41, 5.74) is 0. The standard InChI is InChI=1S/As.2Ga.P/q-3;2*+3;-3. The van der Waals surface area contributed by atoms with Crippen molar-refractivity contribution in [2.45, 2.75) is 0 Å². The van der Waals surface area contributed by atoms with E-state index < -0.39 is 0 Å². The SMILES string of the molecule is [As-3].[Ga+3].[Ga+3].[P-3]. The van der Waals surface area contributed by atoms with Gasteiger partial charge in [0.1, 0.15) is 0 Å². The number of hydrogen-bond donors (Lipinski definition) is 0. The fourth-order valence-electron chi connectivity index (χ4n) is 0. The molecule has 0 rings (SSSR count). The van der Waals surface area contributed by atoms with Crippen LogP contribution in [0.4, 0.5) is 0 Å². The first-order valence-electron chi connectivity index (χ1n) is 0. The second-order valence-electron chi connectivity index (χ2n) is 0. The largest absolute Gasteiger partial charge is 3.00 e. The Morgan fingerprint density at radius 2 is 0.750 bits per heavy atom. The van der Waals surface area contributed by atoms with Crippen LogP contribution in [0.2, 0.25) is 0 Å². The molecule has 0 aliphatic heterocycles. The zero-order chi connectivity index (χ0) is 0. The van der Waals surface area contributed by atoms with Gasteiger partial charge < -0.3 is 27.9 Å². The summed E-state index contributed by atoms with van der Waals surface area (Å²) in [6, 6.07) is 0. The molecule has 0 fully saturated rings. The maximum Gasteiger partial charge on any atom is 3.00 e. The first kappa shape index (κ1) is 33.9. The monoisotopic (exact) mass is 244 g/mol. The van der Waals surface area contributed by atoms with Crippen molar-refractivity contribution >= 4 is 67.4 Å². The van der Waals surface area contributed by atoms with Gasteiger partial charge in [0.2, 0.25) is 0 Å². The van der Waals surface area contributed by atoms with Gasteiger partial charge in [0.25, 0.3) is 0 Å². The van der Waals surface area contributed by atoms with Crippen molar-refractivity contribution in [2.24, 2.45) is 0 Å². The quantitative estimate of drug-likeness (QED) is 0.407. The summed E-state index contributed by atoms with van der Waals surface area (Å²) >= 11 is 0. The molecule has 0 nitrogen and oxygen atoms in total. The van der Waals surface area contributed by atoms with Crippen molar-refractivity contribution in [1.82, 2.24) is 0 Å². The molecule has 4 heavy (non-hydrogen) atoms. The van der Waals surface area contributed by atoms with E-state index in [2.05, 4.69) is 0 Å². The minimum absolute atomic E-state index is 0. The van der Waals surface area contributed by atoms with Crippen molar-refractivity contribution in [1.29, 1.82) is 0 Å². The van der Waals surface area contributed by atoms with E-state index in [0.717, 1.165) is 0 Å². The van der Waals surface area contributed by atoms with Gasteiger partial charge in [0.05, 0.1) is 0 Å². The van der Waals surface area contributed by atoms with Gasteiger partial charge in [-0.1, -0.05) is 0 Å². The minimum atomic E-state index is 0. The Kier molecular flexibility index (Phi) is 158. The van der Waals surface area contributed by atoms with E-state index in [1.165, 1.54) is 0 Å². The van der Waals surface area contributed by atoms with Gasteiger partial charge in [0, 0.05) is 0 Å². The maximum atomic E-state index is 0. The van der Waals surface area contributed by atoms with Crippen molar-refractivity contribution in [3.05, 3.63) is 0 Å². The molecule has 0 aliphatic rings. The van der Waals surface area contributed by atoms with Gasteiger partial charge in [0.15, 0.2) is 0 Å². The molecule has 0 aliphatic carbocycles. The van der Waals surface area contributed by atoms with E-state index in [-0.39, 0.29) is 67.4 Å². The second kappa shape index (κ2) is 18.7. The van der Waals surface area contributed by atoms with E-state index in [9.17, 15) is 0 Å². The van der Waals surface area contributed by atoms with E-state index in [4.69, 9.17) is 0 Å². The number of rotatable bonds is 0. The van der Waals surface area contributed by atoms with E-state index >= 15 is 0 Å². The van der Waals surface area contributed by atoms with Crippen LogP contribution >= 0.6 is 9.90 Å². The first-order chi connectivity index (χ1) is 0. The number of hydrogen-bond acceptors (Lipinski definition) is 0. The van der Waals surface area contributed by atoms with Crippen molar-refractivity contribution in [3.63, 3.8) is 0 Å². The van der Waals surface area contributed by atoms with Crippen LogP contribution in [0.1, 0.15) is 0 Å². The topological polar surface area (TPSA) is 0 Å². The Bertz CT molecular complexity index is 6.00. The maximum absolute atomic E-state index is 0. The summed E-state index contributed by atoms with van der Waals surface area (Å²) in [4.78, 5) is 0. The first-order valence-corrected chi connectivity index (χ1v) is 0. The molecule has 0 N–H and O–H groups in total. The average molecular weight is 245 g/mol. The van der Waals surface area contributed by atoms with E-state index in [1.807, 2.05) is 0 Å². The molecular formula is AsGa2P. The second-order valence-corrected chi connectivity index (χ2v) is 0. The van der Waals surface area contributed by atoms with Crippen LogP contribution in [0.25, 0.3) is 0 Å². The van der Waals surface area contributed by atoms with Crippen LogP contribution in [-0.4, -0.2) is 57.5 Å². The average Bonchev–Trinajstić information content (AvgIpc) is 0. The molecule has 0 radical (unpaired) electrons. The van der Waals surface area contributed by atoms with Crippen LogP contribution in [0, 0.1) is 0 Å². The predicted octanol–water partition coefficient (Wildman–Crippen LogP) is -0.281. The summed E-state index contributed by atoms with van der Waals surface area (Å²) in [7, 11) is 0. The summed E-state index contributed by atoms with van der Waals surface area (Å²) in [5, 5.41) is 0. The third-order valence-electron chi connectivity index (χ3n) is 0. The zero-order valence-corrected chi connectivity index (χ0v) is 9.67. The van der Waals surface area contributed by atoms with Crippen molar-refractivity contribution in [2.75, 3.05) is 0 Å². The molecule has 0 aromatic heterocycles. The zero-order valence-electron chi connectivity index (χ0n) is 2.05. The van der Waals surface area contributed by atoms with Crippen molar-refractivity contribution < 1.29 is 0 Å². The molecule has 0 unspecified atom stereocenters. The molecule has 0 bridgehead atoms. The van der Waals surface area contributed by atoms with Crippen molar-refractivity contribution in [3.8, 4) is 0 Å². The Morgan fingerprint density at radius 1 is 0.750 bits per heavy atom. The normalized spacial score (nSPS) is 0. The van der Waals surface area contributed by atoms with Crippen LogP contribution in [0.3, 0.4) is 0 Å². The van der Waals surface area contributed by atoms with Crippen LogP contribution in [0.15, 0.2) is 0 Å². The molecule has 4 heteroatoms. The summed E-state index contributed by atoms with van der Waals surface area (Å²) in [6.45, 7) is 0. The van der Waals surface area contributed by atoms with Crippen LogP contribution in [-0.2, 0) is 0 Å². The van der Waals surface area contributed by atoms with E-state index in [1.54, 1.807) is 0 Å². The van der Waals surface area contributed by atoms with Gasteiger partial charge in [-0.05, 0) is 0 Å². The Hall–Kier alpha value is 2.26. The van der Waals surface area contributed by atoms with Gasteiger partial charge >= 0.3 is 39.6 Å². The molecule has 0 heterocycles. The molecule has 16 valence electrons. The minimum Gasteiger partial charge on any atom is -3.00 e. The summed E-state index contributed by atoms with van der Waals surface area (Å²) < 4.78 is 0. The van der Waals surface area contributed by atoms with Gasteiger partial charge in [-0.3, -0.25) is 0 Å². The van der Waals surface area contributed by atoms with Crippen LogP contribution < -0.4 is 0 Å². The summed E-state index contributed by atoms with van der Waals surface area (Å²) in [5.74, 6) is 0. The third kappa shape index (κ3) is 8.86. The molecule has 0 spiro atoms. The Morgan fingerprint density at radius 3 is 0.750 bits per heavy atom. The summed E-state index contributed by atoms with van der Waals surface area (Å²) in [6.07, 6.45) is 0. The van der Waals surface area contributed by atoms with Crippen LogP contribution in [0.5, 0.6) is 0 Å². The molecule has 0 saturated carbocycles. The van der Waals surface area contributed by atoms with Gasteiger partial charge in [-0.2, -0.15) is 0 Å². The molecule has 0 saturated heterocycles. The molecular weight excluding hydrogens is 245 g/mol. The fourth-order valence-corrected chi connectivity index (χ4v) is 0. The molecule has 0 aromatic carbocycles. The van der Waals surface area contributed by atoms with E-state index in [0.29, 0.717) is 0 Å². The molecule has 0 amide bonds. The Balaban J connectivity index is 0.